The maximum Gasteiger partial charge on any atom is 0.0976 e. The highest BCUT2D eigenvalue weighted by Gasteiger charge is 2.07. The second-order valence-corrected chi connectivity index (χ2v) is 4.26. The summed E-state index contributed by atoms with van der Waals surface area (Å²) < 4.78 is 0.369. The van der Waals surface area contributed by atoms with Crippen LogP contribution in [0.4, 0.5) is 0 Å². The van der Waals surface area contributed by atoms with Gasteiger partial charge in [0, 0.05) is 0 Å². The molecule has 1 aliphatic heterocycles. The largest absolute Gasteiger partial charge is 0.311 e. The number of nitrogens with two attached hydrogens (primary N) is 1. The lowest BCUT2D eigenvalue weighted by atomic mass is 10.6. The van der Waals surface area contributed by atoms with E-state index in [2.05, 4.69) is 0 Å². The average molecular weight is 135 g/mol. The molecular formula is C4H9NS2. The van der Waals surface area contributed by atoms with Crippen molar-refractivity contribution in [2.45, 2.75) is 11.1 Å². The van der Waals surface area contributed by atoms with Gasteiger partial charge in [-0.1, -0.05) is 0 Å². The molecule has 1 aliphatic rings. The van der Waals surface area contributed by atoms with Gasteiger partial charge in [-0.25, -0.2) is 0 Å². The average Bonchev–Trinajstić information content (AvgIpc) is 1.69. The number of thioether (sulfide) groups is 2. The highest BCUT2D eigenvalue weighted by atomic mass is 32.2. The zero-order valence-corrected chi connectivity index (χ0v) is 5.73. The third-order valence-corrected chi connectivity index (χ3v) is 3.38. The Labute approximate surface area is 52.4 Å². The Balaban J connectivity index is 2.12. The molecule has 1 fully saturated rings. The normalized spacial score (nSPS) is 25.3. The maximum absolute atomic E-state index is 5.56. The molecule has 0 atom stereocenters. The van der Waals surface area contributed by atoms with E-state index in [1.54, 1.807) is 0 Å². The van der Waals surface area contributed by atoms with Crippen LogP contribution < -0.4 is 5.73 Å². The van der Waals surface area contributed by atoms with E-state index in [0.29, 0.717) is 4.71 Å². The van der Waals surface area contributed by atoms with Gasteiger partial charge in [-0.05, 0) is 17.9 Å². The summed E-state index contributed by atoms with van der Waals surface area (Å²) in [5.74, 6) is 2.52. The second-order valence-electron chi connectivity index (χ2n) is 1.46. The Kier molecular flexibility index (Phi) is 2.35. The first-order valence-electron chi connectivity index (χ1n) is 2.38. The fourth-order valence-corrected chi connectivity index (χ4v) is 2.74. The van der Waals surface area contributed by atoms with Crippen molar-refractivity contribution in [3.8, 4) is 0 Å². The fourth-order valence-electron chi connectivity index (χ4n) is 0.506. The zero-order valence-electron chi connectivity index (χ0n) is 4.09. The predicted octanol–water partition coefficient (Wildman–Crippen LogP) is 1.10. The minimum absolute atomic E-state index is 0.369. The van der Waals surface area contributed by atoms with Crippen LogP contribution in [0.15, 0.2) is 0 Å². The molecule has 7 heavy (non-hydrogen) atoms. The predicted molar refractivity (Wildman–Crippen MR) is 37.5 cm³/mol. The Hall–Kier alpha value is 0.660. The van der Waals surface area contributed by atoms with Crippen LogP contribution in [0, 0.1) is 0 Å². The summed E-state index contributed by atoms with van der Waals surface area (Å²) in [6.45, 7) is 0. The van der Waals surface area contributed by atoms with Crippen LogP contribution >= 0.6 is 23.5 Å². The van der Waals surface area contributed by atoms with Crippen molar-refractivity contribution in [3.05, 3.63) is 0 Å². The van der Waals surface area contributed by atoms with Crippen molar-refractivity contribution < 1.29 is 0 Å². The molecule has 1 nitrogen and oxygen atoms in total. The highest BCUT2D eigenvalue weighted by molar-refractivity contribution is 8.17. The third kappa shape index (κ3) is 1.93. The van der Waals surface area contributed by atoms with Crippen LogP contribution in [0.3, 0.4) is 0 Å². The van der Waals surface area contributed by atoms with E-state index in [-0.39, 0.29) is 0 Å². The van der Waals surface area contributed by atoms with Gasteiger partial charge in [0.2, 0.25) is 0 Å². The number of hydrogen-bond donors (Lipinski definition) is 1. The van der Waals surface area contributed by atoms with Gasteiger partial charge in [-0.15, -0.1) is 23.5 Å². The number of rotatable bonds is 0. The first-order valence-corrected chi connectivity index (χ1v) is 4.48. The van der Waals surface area contributed by atoms with E-state index in [1.807, 2.05) is 23.5 Å². The standard InChI is InChI=1S/C4H9NS2/c5-4-6-2-1-3-7-4/h4H,1-3,5H2. The molecule has 0 unspecified atom stereocenters. The van der Waals surface area contributed by atoms with E-state index in [0.717, 1.165) is 0 Å². The topological polar surface area (TPSA) is 26.0 Å². The molecule has 2 N–H and O–H groups in total. The monoisotopic (exact) mass is 135 g/mol. The SMILES string of the molecule is NC1SCCCS1. The summed E-state index contributed by atoms with van der Waals surface area (Å²) in [6, 6.07) is 0. The summed E-state index contributed by atoms with van der Waals surface area (Å²) in [5.41, 5.74) is 5.56. The van der Waals surface area contributed by atoms with E-state index in [9.17, 15) is 0 Å². The minimum atomic E-state index is 0.369. The van der Waals surface area contributed by atoms with E-state index in [1.165, 1.54) is 17.9 Å². The molecule has 0 spiro atoms. The van der Waals surface area contributed by atoms with Gasteiger partial charge >= 0.3 is 0 Å². The van der Waals surface area contributed by atoms with Crippen LogP contribution in [0.5, 0.6) is 0 Å². The summed E-state index contributed by atoms with van der Waals surface area (Å²) in [7, 11) is 0. The van der Waals surface area contributed by atoms with Crippen LogP contribution in [0.2, 0.25) is 0 Å². The minimum Gasteiger partial charge on any atom is -0.311 e. The molecule has 0 aromatic heterocycles. The van der Waals surface area contributed by atoms with Gasteiger partial charge in [-0.2, -0.15) is 0 Å². The molecule has 42 valence electrons. The van der Waals surface area contributed by atoms with Crippen molar-refractivity contribution in [1.29, 1.82) is 0 Å². The molecule has 1 rings (SSSR count). The molecule has 1 heterocycles. The van der Waals surface area contributed by atoms with Gasteiger partial charge in [0.25, 0.3) is 0 Å². The molecule has 0 amide bonds. The molecule has 0 aromatic carbocycles. The van der Waals surface area contributed by atoms with Crippen molar-refractivity contribution in [3.63, 3.8) is 0 Å². The summed E-state index contributed by atoms with van der Waals surface area (Å²) in [6.07, 6.45) is 1.34. The lowest BCUT2D eigenvalue weighted by Gasteiger charge is -2.15. The lowest BCUT2D eigenvalue weighted by Crippen LogP contribution is -2.15. The molecule has 3 heteroatoms. The van der Waals surface area contributed by atoms with Crippen LogP contribution in [-0.2, 0) is 0 Å². The van der Waals surface area contributed by atoms with Crippen molar-refractivity contribution in [1.82, 2.24) is 0 Å². The Bertz CT molecular complexity index is 51.7. The molecule has 1 saturated heterocycles. The Morgan fingerprint density at radius 2 is 1.86 bits per heavy atom. The summed E-state index contributed by atoms with van der Waals surface area (Å²) in [4.78, 5) is 0. The van der Waals surface area contributed by atoms with Gasteiger partial charge in [0.15, 0.2) is 0 Å². The molecular weight excluding hydrogens is 126 g/mol. The van der Waals surface area contributed by atoms with Crippen LogP contribution in [0.25, 0.3) is 0 Å². The lowest BCUT2D eigenvalue weighted by molar-refractivity contribution is 1.09. The summed E-state index contributed by atoms with van der Waals surface area (Å²) >= 11 is 3.72. The Morgan fingerprint density at radius 1 is 1.29 bits per heavy atom. The molecule has 0 radical (unpaired) electrons. The maximum atomic E-state index is 5.56. The second kappa shape index (κ2) is 2.84. The Morgan fingerprint density at radius 3 is 2.14 bits per heavy atom. The zero-order chi connectivity index (χ0) is 5.11. The van der Waals surface area contributed by atoms with E-state index in [4.69, 9.17) is 5.73 Å². The van der Waals surface area contributed by atoms with Gasteiger partial charge < -0.3 is 5.73 Å². The quantitative estimate of drug-likeness (QED) is 0.538. The smallest absolute Gasteiger partial charge is 0.0976 e. The fraction of sp³-hybridized carbons (Fsp3) is 1.00. The first kappa shape index (κ1) is 5.79. The van der Waals surface area contributed by atoms with Crippen molar-refractivity contribution >= 4 is 23.5 Å². The highest BCUT2D eigenvalue weighted by Crippen LogP contribution is 2.25. The van der Waals surface area contributed by atoms with Crippen molar-refractivity contribution in [2.75, 3.05) is 11.5 Å². The molecule has 0 saturated carbocycles. The van der Waals surface area contributed by atoms with Gasteiger partial charge in [-0.3, -0.25) is 0 Å². The third-order valence-electron chi connectivity index (χ3n) is 0.853. The molecule has 0 bridgehead atoms. The molecule has 0 aliphatic carbocycles. The van der Waals surface area contributed by atoms with E-state index >= 15 is 0 Å². The van der Waals surface area contributed by atoms with Crippen LogP contribution in [-0.4, -0.2) is 16.2 Å². The first-order chi connectivity index (χ1) is 3.39. The molecule has 0 aromatic rings. The van der Waals surface area contributed by atoms with Gasteiger partial charge in [0.05, 0.1) is 4.71 Å². The van der Waals surface area contributed by atoms with Crippen LogP contribution in [0.1, 0.15) is 6.42 Å². The summed E-state index contributed by atoms with van der Waals surface area (Å²) in [5, 5.41) is 0. The van der Waals surface area contributed by atoms with Crippen molar-refractivity contribution in [2.24, 2.45) is 5.73 Å². The van der Waals surface area contributed by atoms with Gasteiger partial charge in [0.1, 0.15) is 0 Å². The number of hydrogen-bond acceptors (Lipinski definition) is 3. The van der Waals surface area contributed by atoms with E-state index < -0.39 is 0 Å².